The molecule has 0 bridgehead atoms. The molecule has 1 amide bonds. The maximum Gasteiger partial charge on any atom is 0.326 e. The first kappa shape index (κ1) is 18.4. The third-order valence-corrected chi connectivity index (χ3v) is 5.39. The highest BCUT2D eigenvalue weighted by Gasteiger charge is 2.27. The van der Waals surface area contributed by atoms with E-state index in [1.807, 2.05) is 25.1 Å². The van der Waals surface area contributed by atoms with Gasteiger partial charge < -0.3 is 10.4 Å². The average molecular weight is 367 g/mol. The summed E-state index contributed by atoms with van der Waals surface area (Å²) in [5.41, 5.74) is 1.31. The lowest BCUT2D eigenvalue weighted by Crippen LogP contribution is -2.44. The highest BCUT2D eigenvalue weighted by molar-refractivity contribution is 7.17. The van der Waals surface area contributed by atoms with Crippen LogP contribution in [0.3, 0.4) is 0 Å². The zero-order valence-electron chi connectivity index (χ0n) is 13.7. The van der Waals surface area contributed by atoms with E-state index < -0.39 is 17.9 Å². The summed E-state index contributed by atoms with van der Waals surface area (Å²) in [7, 11) is 0. The minimum atomic E-state index is -1.04. The Hall–Kier alpha value is -1.92. The molecule has 7 heteroatoms. The van der Waals surface area contributed by atoms with Gasteiger partial charge in [-0.2, -0.15) is 0 Å². The molecule has 5 nitrogen and oxygen atoms in total. The van der Waals surface area contributed by atoms with Gasteiger partial charge >= 0.3 is 5.97 Å². The quantitative estimate of drug-likeness (QED) is 0.809. The minimum absolute atomic E-state index is 0.164. The number of nitrogens with one attached hydrogen (secondary N) is 1. The number of hydrogen-bond donors (Lipinski definition) is 2. The molecule has 0 fully saturated rings. The van der Waals surface area contributed by atoms with Gasteiger partial charge in [0.1, 0.15) is 15.9 Å². The predicted octanol–water partition coefficient (Wildman–Crippen LogP) is 4.00. The summed E-state index contributed by atoms with van der Waals surface area (Å²) in [6, 6.07) is 6.34. The molecule has 0 radical (unpaired) electrons. The summed E-state index contributed by atoms with van der Waals surface area (Å²) in [5, 5.41) is 13.1. The van der Waals surface area contributed by atoms with Crippen LogP contribution in [0.2, 0.25) is 5.02 Å². The first-order chi connectivity index (χ1) is 11.3. The fraction of sp³-hybridized carbons (Fsp3) is 0.353. The van der Waals surface area contributed by atoms with Crippen molar-refractivity contribution in [2.45, 2.75) is 33.2 Å². The molecule has 2 atom stereocenters. The van der Waals surface area contributed by atoms with Gasteiger partial charge in [-0.05, 0) is 18.9 Å². The molecular weight excluding hydrogens is 348 g/mol. The summed E-state index contributed by atoms with van der Waals surface area (Å²) in [4.78, 5) is 28.7. The van der Waals surface area contributed by atoms with Crippen LogP contribution >= 0.6 is 22.9 Å². The fourth-order valence-electron chi connectivity index (χ4n) is 2.25. The summed E-state index contributed by atoms with van der Waals surface area (Å²) >= 11 is 7.38. The van der Waals surface area contributed by atoms with E-state index in [0.29, 0.717) is 27.0 Å². The van der Waals surface area contributed by atoms with Crippen molar-refractivity contribution in [3.63, 3.8) is 0 Å². The number of aromatic nitrogens is 1. The Morgan fingerprint density at radius 2 is 2.04 bits per heavy atom. The number of aliphatic carboxylic acids is 1. The molecule has 2 unspecified atom stereocenters. The van der Waals surface area contributed by atoms with Crippen LogP contribution in [0.25, 0.3) is 10.6 Å². The van der Waals surface area contributed by atoms with Gasteiger partial charge in [0.15, 0.2) is 0 Å². The SMILES string of the molecule is CCC(C)C(NC(=O)c1sc(-c2ccccc2Cl)nc1C)C(=O)O. The van der Waals surface area contributed by atoms with Crippen LogP contribution in [-0.2, 0) is 4.79 Å². The molecule has 0 spiro atoms. The zero-order chi connectivity index (χ0) is 17.9. The van der Waals surface area contributed by atoms with E-state index in [9.17, 15) is 14.7 Å². The van der Waals surface area contributed by atoms with Crippen molar-refractivity contribution in [2.24, 2.45) is 5.92 Å². The number of rotatable bonds is 6. The number of amides is 1. The predicted molar refractivity (Wildman–Crippen MR) is 95.6 cm³/mol. The number of halogens is 1. The second-order valence-corrected chi connectivity index (χ2v) is 6.99. The van der Waals surface area contributed by atoms with Crippen molar-refractivity contribution in [3.8, 4) is 10.6 Å². The third-order valence-electron chi connectivity index (χ3n) is 3.87. The number of carboxylic acid groups (broad SMARTS) is 1. The standard InChI is InChI=1S/C17H19ClN2O3S/c1-4-9(2)13(17(22)23)20-15(21)14-10(3)19-16(24-14)11-7-5-6-8-12(11)18/h5-9,13H,4H2,1-3H3,(H,20,21)(H,22,23). The molecule has 0 saturated carbocycles. The zero-order valence-corrected chi connectivity index (χ0v) is 15.2. The molecule has 128 valence electrons. The Bertz CT molecular complexity index is 760. The number of benzene rings is 1. The average Bonchev–Trinajstić information content (AvgIpc) is 2.93. The number of carbonyl (C=O) groups is 2. The maximum atomic E-state index is 12.5. The van der Waals surface area contributed by atoms with E-state index in [0.717, 1.165) is 5.56 Å². The number of carbonyl (C=O) groups excluding carboxylic acids is 1. The van der Waals surface area contributed by atoms with E-state index in [4.69, 9.17) is 11.6 Å². The van der Waals surface area contributed by atoms with Crippen molar-refractivity contribution in [3.05, 3.63) is 39.9 Å². The van der Waals surface area contributed by atoms with Crippen LogP contribution in [0.15, 0.2) is 24.3 Å². The van der Waals surface area contributed by atoms with Crippen LogP contribution in [0.5, 0.6) is 0 Å². The molecule has 24 heavy (non-hydrogen) atoms. The molecule has 2 N–H and O–H groups in total. The Kier molecular flexibility index (Phi) is 5.96. The molecular formula is C17H19ClN2O3S. The molecule has 1 heterocycles. The van der Waals surface area contributed by atoms with E-state index in [1.165, 1.54) is 11.3 Å². The van der Waals surface area contributed by atoms with Crippen LogP contribution < -0.4 is 5.32 Å². The van der Waals surface area contributed by atoms with Crippen LogP contribution in [0.1, 0.15) is 35.6 Å². The Morgan fingerprint density at radius 3 is 2.62 bits per heavy atom. The first-order valence-electron chi connectivity index (χ1n) is 7.61. The number of aryl methyl sites for hydroxylation is 1. The highest BCUT2D eigenvalue weighted by Crippen LogP contribution is 2.32. The lowest BCUT2D eigenvalue weighted by Gasteiger charge is -2.19. The third kappa shape index (κ3) is 3.94. The van der Waals surface area contributed by atoms with Crippen LogP contribution in [0, 0.1) is 12.8 Å². The molecule has 0 saturated heterocycles. The Balaban J connectivity index is 2.28. The van der Waals surface area contributed by atoms with Gasteiger partial charge in [0.2, 0.25) is 0 Å². The second kappa shape index (κ2) is 7.77. The van der Waals surface area contributed by atoms with Crippen molar-refractivity contribution < 1.29 is 14.7 Å². The van der Waals surface area contributed by atoms with Gasteiger partial charge in [-0.15, -0.1) is 11.3 Å². The van der Waals surface area contributed by atoms with E-state index in [1.54, 1.807) is 19.9 Å². The van der Waals surface area contributed by atoms with Gasteiger partial charge in [0.25, 0.3) is 5.91 Å². The summed E-state index contributed by atoms with van der Waals surface area (Å²) in [6.45, 7) is 5.42. The van der Waals surface area contributed by atoms with Crippen molar-refractivity contribution in [1.82, 2.24) is 10.3 Å². The number of hydrogen-bond acceptors (Lipinski definition) is 4. The van der Waals surface area contributed by atoms with Crippen molar-refractivity contribution in [1.29, 1.82) is 0 Å². The van der Waals surface area contributed by atoms with Crippen molar-refractivity contribution in [2.75, 3.05) is 0 Å². The Labute approximate surface area is 149 Å². The van der Waals surface area contributed by atoms with Gasteiger partial charge in [0, 0.05) is 5.56 Å². The fourth-order valence-corrected chi connectivity index (χ4v) is 3.54. The number of nitrogens with zero attached hydrogens (tertiary/aromatic N) is 1. The lowest BCUT2D eigenvalue weighted by molar-refractivity contribution is -0.140. The molecule has 0 aliphatic carbocycles. The molecule has 0 aliphatic rings. The van der Waals surface area contributed by atoms with Crippen LogP contribution in [-0.4, -0.2) is 28.0 Å². The smallest absolute Gasteiger partial charge is 0.326 e. The normalized spacial score (nSPS) is 13.3. The topological polar surface area (TPSA) is 79.3 Å². The van der Waals surface area contributed by atoms with E-state index >= 15 is 0 Å². The molecule has 1 aromatic carbocycles. The van der Waals surface area contributed by atoms with Crippen LogP contribution in [0.4, 0.5) is 0 Å². The monoisotopic (exact) mass is 366 g/mol. The lowest BCUT2D eigenvalue weighted by atomic mass is 9.99. The summed E-state index contributed by atoms with van der Waals surface area (Å²) in [5.74, 6) is -1.62. The number of carboxylic acids is 1. The van der Waals surface area contributed by atoms with Gasteiger partial charge in [0.05, 0.1) is 10.7 Å². The van der Waals surface area contributed by atoms with E-state index in [2.05, 4.69) is 10.3 Å². The molecule has 2 aromatic rings. The largest absolute Gasteiger partial charge is 0.480 e. The highest BCUT2D eigenvalue weighted by atomic mass is 35.5. The second-order valence-electron chi connectivity index (χ2n) is 5.59. The molecule has 2 rings (SSSR count). The molecule has 1 aromatic heterocycles. The first-order valence-corrected chi connectivity index (χ1v) is 8.80. The summed E-state index contributed by atoms with van der Waals surface area (Å²) < 4.78 is 0. The number of thiazole rings is 1. The van der Waals surface area contributed by atoms with Crippen molar-refractivity contribution >= 4 is 34.8 Å². The van der Waals surface area contributed by atoms with Gasteiger partial charge in [-0.25, -0.2) is 9.78 Å². The summed E-state index contributed by atoms with van der Waals surface area (Å²) in [6.07, 6.45) is 0.657. The van der Waals surface area contributed by atoms with E-state index in [-0.39, 0.29) is 5.92 Å². The Morgan fingerprint density at radius 1 is 1.38 bits per heavy atom. The molecule has 0 aliphatic heterocycles. The van der Waals surface area contributed by atoms with Gasteiger partial charge in [-0.3, -0.25) is 4.79 Å². The minimum Gasteiger partial charge on any atom is -0.480 e. The maximum absolute atomic E-state index is 12.5. The van der Waals surface area contributed by atoms with Gasteiger partial charge in [-0.1, -0.05) is 50.1 Å².